The van der Waals surface area contributed by atoms with Crippen LogP contribution in [0.3, 0.4) is 0 Å². The van der Waals surface area contributed by atoms with Crippen LogP contribution in [0.15, 0.2) is 18.2 Å². The molecular formula is C16H21N3O2. The third-order valence-corrected chi connectivity index (χ3v) is 3.98. The first-order valence-electron chi connectivity index (χ1n) is 7.38. The molecule has 5 heteroatoms. The maximum Gasteiger partial charge on any atom is 0.337 e. The van der Waals surface area contributed by atoms with E-state index >= 15 is 0 Å². The van der Waals surface area contributed by atoms with Crippen LogP contribution in [-0.4, -0.2) is 46.2 Å². The number of aromatic carboxylic acids is 1. The van der Waals surface area contributed by atoms with Crippen LogP contribution in [0.4, 0.5) is 0 Å². The van der Waals surface area contributed by atoms with E-state index in [9.17, 15) is 9.90 Å². The smallest absolute Gasteiger partial charge is 0.337 e. The zero-order valence-electron chi connectivity index (χ0n) is 12.7. The zero-order chi connectivity index (χ0) is 15.1. The number of likely N-dealkylation sites (N-methyl/N-ethyl adjacent to an activating group) is 1. The molecule has 1 unspecified atom stereocenters. The van der Waals surface area contributed by atoms with E-state index in [4.69, 9.17) is 4.98 Å². The molecule has 1 fully saturated rings. The third kappa shape index (κ3) is 2.53. The van der Waals surface area contributed by atoms with Crippen LogP contribution in [0.25, 0.3) is 11.0 Å². The summed E-state index contributed by atoms with van der Waals surface area (Å²) in [6.45, 7) is 2.99. The van der Waals surface area contributed by atoms with E-state index in [1.54, 1.807) is 12.1 Å². The average Bonchev–Trinajstić information content (AvgIpc) is 3.17. The molecule has 1 aromatic carbocycles. The maximum atomic E-state index is 11.6. The van der Waals surface area contributed by atoms with Gasteiger partial charge in [-0.15, -0.1) is 0 Å². The lowest BCUT2D eigenvalue weighted by Crippen LogP contribution is -2.24. The lowest BCUT2D eigenvalue weighted by Gasteiger charge is -2.22. The SMILES string of the molecule is CC(CN(C)C)n1c(C2CC2)nc2cccc(C(=O)O)c21. The second-order valence-electron chi connectivity index (χ2n) is 6.20. The largest absolute Gasteiger partial charge is 0.478 e. The summed E-state index contributed by atoms with van der Waals surface area (Å²) in [5.74, 6) is 0.651. The topological polar surface area (TPSA) is 58.4 Å². The number of imidazole rings is 1. The Morgan fingerprint density at radius 1 is 1.48 bits per heavy atom. The van der Waals surface area contributed by atoms with Gasteiger partial charge >= 0.3 is 5.97 Å². The van der Waals surface area contributed by atoms with Crippen LogP contribution in [-0.2, 0) is 0 Å². The maximum absolute atomic E-state index is 11.6. The van der Waals surface area contributed by atoms with Crippen molar-refractivity contribution in [3.8, 4) is 0 Å². The Hall–Kier alpha value is -1.88. The highest BCUT2D eigenvalue weighted by Gasteiger charge is 2.32. The fourth-order valence-corrected chi connectivity index (χ4v) is 3.02. The van der Waals surface area contributed by atoms with Crippen LogP contribution in [0.1, 0.15) is 47.9 Å². The Balaban J connectivity index is 2.22. The summed E-state index contributed by atoms with van der Waals surface area (Å²) in [5.41, 5.74) is 1.90. The molecule has 0 aliphatic heterocycles. The fraction of sp³-hybridized carbons (Fsp3) is 0.500. The number of para-hydroxylation sites is 1. The summed E-state index contributed by atoms with van der Waals surface area (Å²) in [6.07, 6.45) is 2.31. The fourth-order valence-electron chi connectivity index (χ4n) is 3.02. The van der Waals surface area contributed by atoms with Crippen molar-refractivity contribution in [2.24, 2.45) is 0 Å². The molecule has 112 valence electrons. The van der Waals surface area contributed by atoms with Gasteiger partial charge in [-0.25, -0.2) is 9.78 Å². The number of aromatic nitrogens is 2. The molecular weight excluding hydrogens is 266 g/mol. The van der Waals surface area contributed by atoms with Gasteiger partial charge in [-0.3, -0.25) is 0 Å². The van der Waals surface area contributed by atoms with Crippen molar-refractivity contribution >= 4 is 17.0 Å². The van der Waals surface area contributed by atoms with Gasteiger partial charge in [0.2, 0.25) is 0 Å². The highest BCUT2D eigenvalue weighted by atomic mass is 16.4. The minimum absolute atomic E-state index is 0.195. The van der Waals surface area contributed by atoms with Gasteiger partial charge in [0.25, 0.3) is 0 Å². The third-order valence-electron chi connectivity index (χ3n) is 3.98. The van der Waals surface area contributed by atoms with Crippen LogP contribution in [0, 0.1) is 0 Å². The number of rotatable bonds is 5. The number of carboxylic acid groups (broad SMARTS) is 1. The molecule has 3 rings (SSSR count). The van der Waals surface area contributed by atoms with E-state index in [1.807, 2.05) is 20.2 Å². The van der Waals surface area contributed by atoms with Crippen LogP contribution >= 0.6 is 0 Å². The van der Waals surface area contributed by atoms with Crippen LogP contribution < -0.4 is 0 Å². The Morgan fingerprint density at radius 3 is 2.76 bits per heavy atom. The van der Waals surface area contributed by atoms with E-state index in [0.717, 1.165) is 36.2 Å². The molecule has 1 atom stereocenters. The summed E-state index contributed by atoms with van der Waals surface area (Å²) in [7, 11) is 4.06. The van der Waals surface area contributed by atoms with Gasteiger partial charge in [0.05, 0.1) is 16.6 Å². The van der Waals surface area contributed by atoms with Crippen molar-refractivity contribution in [1.82, 2.24) is 14.5 Å². The standard InChI is InChI=1S/C16H21N3O2/c1-10(9-18(2)3)19-14-12(16(20)21)5-4-6-13(14)17-15(19)11-7-8-11/h4-6,10-11H,7-9H2,1-3H3,(H,20,21). The number of carbonyl (C=O) groups is 1. The molecule has 1 heterocycles. The molecule has 1 N–H and O–H groups in total. The Labute approximate surface area is 124 Å². The van der Waals surface area contributed by atoms with Gasteiger partial charge in [0.1, 0.15) is 5.82 Å². The average molecular weight is 287 g/mol. The van der Waals surface area contributed by atoms with Gasteiger partial charge in [-0.2, -0.15) is 0 Å². The monoisotopic (exact) mass is 287 g/mol. The minimum atomic E-state index is -0.888. The van der Waals surface area contributed by atoms with Crippen molar-refractivity contribution in [3.63, 3.8) is 0 Å². The number of hydrogen-bond acceptors (Lipinski definition) is 3. The normalized spacial score (nSPS) is 16.6. The Kier molecular flexibility index (Phi) is 3.45. The van der Waals surface area contributed by atoms with Gasteiger partial charge in [-0.1, -0.05) is 6.07 Å². The molecule has 0 saturated heterocycles. The second kappa shape index (κ2) is 5.15. The van der Waals surface area contributed by atoms with Crippen molar-refractivity contribution in [1.29, 1.82) is 0 Å². The van der Waals surface area contributed by atoms with E-state index in [2.05, 4.69) is 16.4 Å². The Morgan fingerprint density at radius 2 is 2.19 bits per heavy atom. The highest BCUT2D eigenvalue weighted by molar-refractivity contribution is 6.01. The first kappa shape index (κ1) is 14.1. The van der Waals surface area contributed by atoms with E-state index in [0.29, 0.717) is 11.5 Å². The van der Waals surface area contributed by atoms with Gasteiger partial charge in [0.15, 0.2) is 0 Å². The molecule has 1 aliphatic carbocycles. The number of benzene rings is 1. The number of hydrogen-bond donors (Lipinski definition) is 1. The van der Waals surface area contributed by atoms with Crippen LogP contribution in [0.5, 0.6) is 0 Å². The number of carboxylic acids is 1. The highest BCUT2D eigenvalue weighted by Crippen LogP contribution is 2.42. The molecule has 21 heavy (non-hydrogen) atoms. The molecule has 2 aromatic rings. The lowest BCUT2D eigenvalue weighted by molar-refractivity contribution is 0.0698. The molecule has 1 aliphatic rings. The summed E-state index contributed by atoms with van der Waals surface area (Å²) < 4.78 is 2.15. The van der Waals surface area contributed by atoms with Gasteiger partial charge in [0, 0.05) is 18.5 Å². The van der Waals surface area contributed by atoms with E-state index in [-0.39, 0.29) is 6.04 Å². The van der Waals surface area contributed by atoms with Crippen molar-refractivity contribution in [2.45, 2.75) is 31.7 Å². The Bertz CT molecular complexity index is 686. The van der Waals surface area contributed by atoms with Gasteiger partial charge < -0.3 is 14.6 Å². The van der Waals surface area contributed by atoms with E-state index < -0.39 is 5.97 Å². The molecule has 5 nitrogen and oxygen atoms in total. The van der Waals surface area contributed by atoms with Gasteiger partial charge in [-0.05, 0) is 46.0 Å². The van der Waals surface area contributed by atoms with E-state index in [1.165, 1.54) is 0 Å². The summed E-state index contributed by atoms with van der Waals surface area (Å²) in [5, 5.41) is 9.48. The molecule has 0 spiro atoms. The number of fused-ring (bicyclic) bond motifs is 1. The first-order valence-corrected chi connectivity index (χ1v) is 7.38. The van der Waals surface area contributed by atoms with Crippen molar-refractivity contribution < 1.29 is 9.90 Å². The summed E-state index contributed by atoms with van der Waals surface area (Å²) >= 11 is 0. The summed E-state index contributed by atoms with van der Waals surface area (Å²) in [4.78, 5) is 18.4. The molecule has 1 saturated carbocycles. The van der Waals surface area contributed by atoms with Crippen molar-refractivity contribution in [3.05, 3.63) is 29.6 Å². The number of nitrogens with zero attached hydrogens (tertiary/aromatic N) is 3. The molecule has 1 aromatic heterocycles. The lowest BCUT2D eigenvalue weighted by atomic mass is 10.1. The minimum Gasteiger partial charge on any atom is -0.478 e. The quantitative estimate of drug-likeness (QED) is 0.918. The molecule has 0 amide bonds. The molecule has 0 radical (unpaired) electrons. The second-order valence-corrected chi connectivity index (χ2v) is 6.20. The first-order chi connectivity index (χ1) is 9.99. The molecule has 0 bridgehead atoms. The predicted octanol–water partition coefficient (Wildman–Crippen LogP) is 2.73. The summed E-state index contributed by atoms with van der Waals surface area (Å²) in [6, 6.07) is 5.55. The zero-order valence-corrected chi connectivity index (χ0v) is 12.7. The predicted molar refractivity (Wildman–Crippen MR) is 81.9 cm³/mol. The van der Waals surface area contributed by atoms with Crippen LogP contribution in [0.2, 0.25) is 0 Å². The van der Waals surface area contributed by atoms with Crippen molar-refractivity contribution in [2.75, 3.05) is 20.6 Å².